The molecule has 0 aromatic heterocycles. The topological polar surface area (TPSA) is 75.3 Å². The molecule has 0 atom stereocenters. The van der Waals surface area contributed by atoms with E-state index in [9.17, 15) is 4.79 Å². The van der Waals surface area contributed by atoms with E-state index in [-0.39, 0.29) is 5.91 Å². The molecule has 1 amide bonds. The number of methoxy groups -OCH3 is 4. The van der Waals surface area contributed by atoms with Gasteiger partial charge in [0.05, 0.1) is 27.4 Å². The third kappa shape index (κ3) is 5.60. The van der Waals surface area contributed by atoms with Gasteiger partial charge in [0.25, 0.3) is 5.91 Å². The van der Waals surface area contributed by atoms with Crippen LogP contribution >= 0.6 is 0 Å². The Hall–Kier alpha value is -2.77. The summed E-state index contributed by atoms with van der Waals surface area (Å²) in [5.41, 5.74) is 1.94. The van der Waals surface area contributed by atoms with Gasteiger partial charge in [-0.25, -0.2) is 0 Å². The lowest BCUT2D eigenvalue weighted by Gasteiger charge is -2.13. The van der Waals surface area contributed by atoms with Crippen molar-refractivity contribution >= 4 is 11.6 Å². The summed E-state index contributed by atoms with van der Waals surface area (Å²) in [6, 6.07) is 10.4. The number of carbonyl (C=O) groups excluding carboxylic acids is 1. The zero-order chi connectivity index (χ0) is 19.6. The fraction of sp³-hybridized carbons (Fsp3) is 0.350. The molecule has 1 N–H and O–H groups in total. The van der Waals surface area contributed by atoms with Gasteiger partial charge in [-0.05, 0) is 24.3 Å². The van der Waals surface area contributed by atoms with Gasteiger partial charge in [-0.15, -0.1) is 0 Å². The van der Waals surface area contributed by atoms with Crippen molar-refractivity contribution in [2.75, 3.05) is 47.0 Å². The monoisotopic (exact) mass is 375 g/mol. The SMILES string of the molecule is COCCOc1cc(NC(=O)c2ccc(COC)c(OC)c2)ccc1OC. The summed E-state index contributed by atoms with van der Waals surface area (Å²) in [5.74, 6) is 1.45. The second-order valence-corrected chi connectivity index (χ2v) is 5.62. The molecule has 0 unspecified atom stereocenters. The summed E-state index contributed by atoms with van der Waals surface area (Å²) in [6.45, 7) is 1.24. The molecule has 27 heavy (non-hydrogen) atoms. The first kappa shape index (κ1) is 20.5. The van der Waals surface area contributed by atoms with Crippen LogP contribution in [0.25, 0.3) is 0 Å². The molecule has 2 aromatic carbocycles. The molecule has 0 saturated heterocycles. The molecular formula is C20H25NO6. The van der Waals surface area contributed by atoms with Gasteiger partial charge in [-0.3, -0.25) is 4.79 Å². The predicted octanol–water partition coefficient (Wildman–Crippen LogP) is 3.13. The molecule has 2 aromatic rings. The Balaban J connectivity index is 2.16. The Morgan fingerprint density at radius 1 is 0.852 bits per heavy atom. The number of ether oxygens (including phenoxy) is 5. The van der Waals surface area contributed by atoms with Crippen LogP contribution in [0.2, 0.25) is 0 Å². The lowest BCUT2D eigenvalue weighted by atomic mass is 10.1. The van der Waals surface area contributed by atoms with E-state index in [2.05, 4.69) is 5.32 Å². The van der Waals surface area contributed by atoms with Crippen molar-refractivity contribution in [3.05, 3.63) is 47.5 Å². The predicted molar refractivity (Wildman–Crippen MR) is 102 cm³/mol. The quantitative estimate of drug-likeness (QED) is 0.643. The van der Waals surface area contributed by atoms with Gasteiger partial charge >= 0.3 is 0 Å². The van der Waals surface area contributed by atoms with E-state index < -0.39 is 0 Å². The standard InChI is InChI=1S/C20H25NO6/c1-23-9-10-27-19-12-16(7-8-17(19)25-3)21-20(22)14-5-6-15(13-24-2)18(11-14)26-4/h5-8,11-12H,9-10,13H2,1-4H3,(H,21,22). The molecule has 0 heterocycles. The minimum absolute atomic E-state index is 0.259. The third-order valence-corrected chi connectivity index (χ3v) is 3.82. The number of carbonyl (C=O) groups is 1. The van der Waals surface area contributed by atoms with Gasteiger partial charge in [-0.2, -0.15) is 0 Å². The highest BCUT2D eigenvalue weighted by Gasteiger charge is 2.12. The molecule has 0 aliphatic carbocycles. The number of benzene rings is 2. The zero-order valence-electron chi connectivity index (χ0n) is 16.0. The molecule has 0 fully saturated rings. The summed E-state index contributed by atoms with van der Waals surface area (Å²) in [4.78, 5) is 12.6. The largest absolute Gasteiger partial charge is 0.496 e. The molecule has 0 spiro atoms. The molecule has 146 valence electrons. The van der Waals surface area contributed by atoms with Gasteiger partial charge in [0, 0.05) is 37.1 Å². The minimum atomic E-state index is -0.259. The number of rotatable bonds is 10. The van der Waals surface area contributed by atoms with Crippen LogP contribution in [0.1, 0.15) is 15.9 Å². The fourth-order valence-electron chi connectivity index (χ4n) is 2.47. The Morgan fingerprint density at radius 2 is 1.63 bits per heavy atom. The number of hydrogen-bond acceptors (Lipinski definition) is 6. The van der Waals surface area contributed by atoms with Gasteiger partial charge in [0.2, 0.25) is 0 Å². The van der Waals surface area contributed by atoms with Gasteiger partial charge in [-0.1, -0.05) is 6.07 Å². The van der Waals surface area contributed by atoms with Gasteiger partial charge in [0.15, 0.2) is 11.5 Å². The summed E-state index contributed by atoms with van der Waals surface area (Å²) >= 11 is 0. The van der Waals surface area contributed by atoms with E-state index in [0.29, 0.717) is 48.3 Å². The highest BCUT2D eigenvalue weighted by atomic mass is 16.5. The molecule has 0 saturated carbocycles. The number of anilines is 1. The lowest BCUT2D eigenvalue weighted by Crippen LogP contribution is -2.13. The number of hydrogen-bond donors (Lipinski definition) is 1. The second-order valence-electron chi connectivity index (χ2n) is 5.62. The minimum Gasteiger partial charge on any atom is -0.496 e. The van der Waals surface area contributed by atoms with Crippen molar-refractivity contribution < 1.29 is 28.5 Å². The zero-order valence-corrected chi connectivity index (χ0v) is 16.0. The molecular weight excluding hydrogens is 350 g/mol. The van der Waals surface area contributed by atoms with Crippen molar-refractivity contribution in [1.29, 1.82) is 0 Å². The summed E-state index contributed by atoms with van der Waals surface area (Å²) in [7, 11) is 6.33. The normalized spacial score (nSPS) is 10.4. The summed E-state index contributed by atoms with van der Waals surface area (Å²) in [5, 5.41) is 2.85. The second kappa shape index (κ2) is 10.4. The molecule has 0 bridgehead atoms. The Labute approximate surface area is 159 Å². The van der Waals surface area contributed by atoms with Gasteiger partial charge in [0.1, 0.15) is 12.4 Å². The van der Waals surface area contributed by atoms with Crippen LogP contribution in [-0.4, -0.2) is 47.6 Å². The van der Waals surface area contributed by atoms with E-state index in [1.165, 1.54) is 0 Å². The van der Waals surface area contributed by atoms with Crippen LogP contribution in [0.5, 0.6) is 17.2 Å². The maximum Gasteiger partial charge on any atom is 0.255 e. The van der Waals surface area contributed by atoms with E-state index >= 15 is 0 Å². The highest BCUT2D eigenvalue weighted by molar-refractivity contribution is 6.04. The first-order valence-electron chi connectivity index (χ1n) is 8.40. The van der Waals surface area contributed by atoms with Crippen LogP contribution < -0.4 is 19.5 Å². The van der Waals surface area contributed by atoms with Gasteiger partial charge < -0.3 is 29.0 Å². The van der Waals surface area contributed by atoms with E-state index in [1.807, 2.05) is 6.07 Å². The van der Waals surface area contributed by atoms with E-state index in [4.69, 9.17) is 23.7 Å². The Kier molecular flexibility index (Phi) is 7.91. The molecule has 7 heteroatoms. The number of nitrogens with one attached hydrogen (secondary N) is 1. The lowest BCUT2D eigenvalue weighted by molar-refractivity contribution is 0.102. The maximum absolute atomic E-state index is 12.6. The molecule has 0 aliphatic rings. The summed E-state index contributed by atoms with van der Waals surface area (Å²) < 4.78 is 26.4. The fourth-order valence-corrected chi connectivity index (χ4v) is 2.47. The molecule has 0 aliphatic heterocycles. The van der Waals surface area contributed by atoms with E-state index in [0.717, 1.165) is 5.56 Å². The highest BCUT2D eigenvalue weighted by Crippen LogP contribution is 2.30. The number of amides is 1. The Morgan fingerprint density at radius 3 is 2.30 bits per heavy atom. The van der Waals surface area contributed by atoms with Crippen LogP contribution in [0, 0.1) is 0 Å². The van der Waals surface area contributed by atoms with Crippen molar-refractivity contribution in [2.24, 2.45) is 0 Å². The van der Waals surface area contributed by atoms with Crippen molar-refractivity contribution in [3.63, 3.8) is 0 Å². The van der Waals surface area contributed by atoms with Crippen LogP contribution in [0.3, 0.4) is 0 Å². The molecule has 0 radical (unpaired) electrons. The smallest absolute Gasteiger partial charge is 0.255 e. The third-order valence-electron chi connectivity index (χ3n) is 3.82. The van der Waals surface area contributed by atoms with Crippen molar-refractivity contribution in [2.45, 2.75) is 6.61 Å². The first-order valence-corrected chi connectivity index (χ1v) is 8.40. The summed E-state index contributed by atoms with van der Waals surface area (Å²) in [6.07, 6.45) is 0. The van der Waals surface area contributed by atoms with E-state index in [1.54, 1.807) is 58.8 Å². The average molecular weight is 375 g/mol. The van der Waals surface area contributed by atoms with Crippen LogP contribution in [-0.2, 0) is 16.1 Å². The molecule has 2 rings (SSSR count). The maximum atomic E-state index is 12.6. The average Bonchev–Trinajstić information content (AvgIpc) is 2.69. The van der Waals surface area contributed by atoms with Crippen molar-refractivity contribution in [1.82, 2.24) is 0 Å². The van der Waals surface area contributed by atoms with Crippen LogP contribution in [0.15, 0.2) is 36.4 Å². The Bertz CT molecular complexity index is 762. The van der Waals surface area contributed by atoms with Crippen molar-refractivity contribution in [3.8, 4) is 17.2 Å². The van der Waals surface area contributed by atoms with Crippen LogP contribution in [0.4, 0.5) is 5.69 Å². The molecule has 7 nitrogen and oxygen atoms in total. The first-order chi connectivity index (χ1) is 13.1.